The zero-order valence-electron chi connectivity index (χ0n) is 16.6. The van der Waals surface area contributed by atoms with E-state index in [4.69, 9.17) is 0 Å². The fourth-order valence-corrected chi connectivity index (χ4v) is 4.39. The largest absolute Gasteiger partial charge is 0.336 e. The van der Waals surface area contributed by atoms with Crippen molar-refractivity contribution in [1.82, 2.24) is 24.6 Å². The number of hydrogen-bond donors (Lipinski definition) is 1. The second-order valence-electron chi connectivity index (χ2n) is 8.00. The average Bonchev–Trinajstić information content (AvgIpc) is 3.49. The van der Waals surface area contributed by atoms with Crippen molar-refractivity contribution in [3.8, 4) is 11.1 Å². The molecule has 1 fully saturated rings. The fraction of sp³-hybridized carbons (Fsp3) is 0.261. The van der Waals surface area contributed by atoms with Crippen LogP contribution in [0.2, 0.25) is 0 Å². The molecule has 152 valence electrons. The number of nitrogens with zero attached hydrogens (tertiary/aromatic N) is 4. The van der Waals surface area contributed by atoms with Crippen LogP contribution in [0.5, 0.6) is 0 Å². The Morgan fingerprint density at radius 3 is 2.80 bits per heavy atom. The van der Waals surface area contributed by atoms with E-state index in [0.29, 0.717) is 18.0 Å². The molecule has 1 amide bonds. The van der Waals surface area contributed by atoms with Crippen molar-refractivity contribution in [2.75, 3.05) is 6.54 Å². The number of halogens is 1. The van der Waals surface area contributed by atoms with Crippen LogP contribution in [0.15, 0.2) is 61.2 Å². The number of imidazole rings is 1. The summed E-state index contributed by atoms with van der Waals surface area (Å²) in [5.74, 6) is -0.0256. The summed E-state index contributed by atoms with van der Waals surface area (Å²) in [5, 5.41) is 6.84. The first-order valence-electron chi connectivity index (χ1n) is 10.1. The highest BCUT2D eigenvalue weighted by atomic mass is 19.1. The third-order valence-corrected chi connectivity index (χ3v) is 5.92. The first-order valence-corrected chi connectivity index (χ1v) is 10.1. The number of carbonyl (C=O) groups is 1. The molecule has 1 aliphatic rings. The highest BCUT2D eigenvalue weighted by Crippen LogP contribution is 2.28. The predicted octanol–water partition coefficient (Wildman–Crippen LogP) is 4.12. The number of fused-ring (bicyclic) bond motifs is 1. The van der Waals surface area contributed by atoms with Gasteiger partial charge in [-0.05, 0) is 61.2 Å². The molecule has 0 aliphatic carbocycles. The van der Waals surface area contributed by atoms with E-state index in [1.54, 1.807) is 18.3 Å². The van der Waals surface area contributed by atoms with Gasteiger partial charge in [0.1, 0.15) is 5.82 Å². The summed E-state index contributed by atoms with van der Waals surface area (Å²) < 4.78 is 15.3. The summed E-state index contributed by atoms with van der Waals surface area (Å²) in [5.41, 5.74) is 4.67. The van der Waals surface area contributed by atoms with E-state index in [1.165, 1.54) is 12.1 Å². The molecule has 5 rings (SSSR count). The van der Waals surface area contributed by atoms with Gasteiger partial charge in [-0.25, -0.2) is 9.37 Å². The number of carbonyl (C=O) groups excluding carboxylic acids is 1. The van der Waals surface area contributed by atoms with E-state index in [2.05, 4.69) is 44.9 Å². The quantitative estimate of drug-likeness (QED) is 0.557. The second-order valence-corrected chi connectivity index (χ2v) is 8.00. The molecule has 0 bridgehead atoms. The SMILES string of the molecule is C[C@H]1C[C@@H](Cn2cnc3cc(-c4cn[nH]c4)ccc32)CN1C(=O)c1ccc(F)cc1. The van der Waals surface area contributed by atoms with Gasteiger partial charge in [0.25, 0.3) is 5.91 Å². The molecule has 0 radical (unpaired) electrons. The Balaban J connectivity index is 1.32. The maximum atomic E-state index is 13.2. The Morgan fingerprint density at radius 1 is 1.20 bits per heavy atom. The minimum Gasteiger partial charge on any atom is -0.336 e. The molecule has 1 saturated heterocycles. The Hall–Kier alpha value is -3.48. The van der Waals surface area contributed by atoms with Gasteiger partial charge in [0.05, 0.1) is 23.6 Å². The van der Waals surface area contributed by atoms with Crippen molar-refractivity contribution in [2.24, 2.45) is 5.92 Å². The van der Waals surface area contributed by atoms with Crippen LogP contribution in [0.25, 0.3) is 22.2 Å². The summed E-state index contributed by atoms with van der Waals surface area (Å²) >= 11 is 0. The van der Waals surface area contributed by atoms with Gasteiger partial charge in [-0.3, -0.25) is 9.89 Å². The molecular formula is C23H22FN5O. The van der Waals surface area contributed by atoms with Crippen molar-refractivity contribution in [1.29, 1.82) is 0 Å². The van der Waals surface area contributed by atoms with Crippen LogP contribution in [0, 0.1) is 11.7 Å². The summed E-state index contributed by atoms with van der Waals surface area (Å²) in [6.45, 7) is 3.56. The molecule has 0 spiro atoms. The lowest BCUT2D eigenvalue weighted by Gasteiger charge is -2.21. The van der Waals surface area contributed by atoms with Crippen LogP contribution in [-0.4, -0.2) is 43.1 Å². The van der Waals surface area contributed by atoms with E-state index in [9.17, 15) is 9.18 Å². The maximum Gasteiger partial charge on any atom is 0.254 e. The molecule has 7 heteroatoms. The van der Waals surface area contributed by atoms with Gasteiger partial charge in [0, 0.05) is 36.5 Å². The van der Waals surface area contributed by atoms with Gasteiger partial charge < -0.3 is 9.47 Å². The monoisotopic (exact) mass is 403 g/mol. The lowest BCUT2D eigenvalue weighted by molar-refractivity contribution is 0.0742. The van der Waals surface area contributed by atoms with E-state index in [0.717, 1.165) is 35.1 Å². The van der Waals surface area contributed by atoms with E-state index < -0.39 is 0 Å². The van der Waals surface area contributed by atoms with Crippen molar-refractivity contribution in [3.05, 3.63) is 72.6 Å². The third-order valence-electron chi connectivity index (χ3n) is 5.92. The second kappa shape index (κ2) is 7.40. The average molecular weight is 403 g/mol. The number of H-pyrrole nitrogens is 1. The number of aromatic amines is 1. The lowest BCUT2D eigenvalue weighted by atomic mass is 10.1. The minimum atomic E-state index is -0.332. The molecule has 2 aromatic heterocycles. The van der Waals surface area contributed by atoms with Crippen molar-refractivity contribution in [3.63, 3.8) is 0 Å². The molecule has 0 unspecified atom stereocenters. The van der Waals surface area contributed by atoms with Gasteiger partial charge in [-0.1, -0.05) is 6.07 Å². The molecule has 1 N–H and O–H groups in total. The first-order chi connectivity index (χ1) is 14.6. The molecule has 0 saturated carbocycles. The van der Waals surface area contributed by atoms with E-state index in [1.807, 2.05) is 17.4 Å². The molecule has 3 heterocycles. The number of likely N-dealkylation sites (tertiary alicyclic amines) is 1. The van der Waals surface area contributed by atoms with Gasteiger partial charge >= 0.3 is 0 Å². The molecule has 2 atom stereocenters. The van der Waals surface area contributed by atoms with Crippen LogP contribution >= 0.6 is 0 Å². The highest BCUT2D eigenvalue weighted by molar-refractivity contribution is 5.94. The summed E-state index contributed by atoms with van der Waals surface area (Å²) in [4.78, 5) is 19.3. The Labute approximate surface area is 173 Å². The third kappa shape index (κ3) is 3.36. The normalized spacial score (nSPS) is 18.9. The maximum absolute atomic E-state index is 13.2. The molecule has 2 aromatic carbocycles. The molecule has 30 heavy (non-hydrogen) atoms. The van der Waals surface area contributed by atoms with Gasteiger partial charge in [-0.2, -0.15) is 5.10 Å². The van der Waals surface area contributed by atoms with Crippen molar-refractivity contribution >= 4 is 16.9 Å². The molecular weight excluding hydrogens is 381 g/mol. The topological polar surface area (TPSA) is 66.8 Å². The smallest absolute Gasteiger partial charge is 0.254 e. The molecule has 6 nitrogen and oxygen atoms in total. The first kappa shape index (κ1) is 18.5. The Bertz CT molecular complexity index is 1180. The van der Waals surface area contributed by atoms with Crippen molar-refractivity contribution < 1.29 is 9.18 Å². The van der Waals surface area contributed by atoms with E-state index in [-0.39, 0.29) is 17.8 Å². The zero-order chi connectivity index (χ0) is 20.7. The van der Waals surface area contributed by atoms with Crippen LogP contribution in [-0.2, 0) is 6.54 Å². The van der Waals surface area contributed by atoms with Crippen molar-refractivity contribution in [2.45, 2.75) is 25.9 Å². The fourth-order valence-electron chi connectivity index (χ4n) is 4.39. The Morgan fingerprint density at radius 2 is 2.03 bits per heavy atom. The minimum absolute atomic E-state index is 0.0368. The summed E-state index contributed by atoms with van der Waals surface area (Å²) in [6, 6.07) is 12.2. The number of rotatable bonds is 4. The summed E-state index contributed by atoms with van der Waals surface area (Å²) in [6.07, 6.45) is 6.47. The number of amides is 1. The zero-order valence-corrected chi connectivity index (χ0v) is 16.6. The van der Waals surface area contributed by atoms with Gasteiger partial charge in [0.15, 0.2) is 0 Å². The number of benzene rings is 2. The van der Waals surface area contributed by atoms with Crippen LogP contribution < -0.4 is 0 Å². The van der Waals surface area contributed by atoms with Crippen LogP contribution in [0.4, 0.5) is 4.39 Å². The standard InChI is InChI=1S/C23H22FN5O/c1-15-8-16(13-29(15)23(30)17-2-5-20(24)6-3-17)12-28-14-25-21-9-18(4-7-22(21)28)19-10-26-27-11-19/h2-7,9-11,14-16H,8,12-13H2,1H3,(H,26,27)/t15-,16-/m0/s1. The van der Waals surface area contributed by atoms with Crippen LogP contribution in [0.1, 0.15) is 23.7 Å². The Kier molecular flexibility index (Phi) is 4.58. The van der Waals surface area contributed by atoms with Crippen LogP contribution in [0.3, 0.4) is 0 Å². The number of aromatic nitrogens is 4. The number of hydrogen-bond acceptors (Lipinski definition) is 3. The number of nitrogens with one attached hydrogen (secondary N) is 1. The summed E-state index contributed by atoms with van der Waals surface area (Å²) in [7, 11) is 0. The van der Waals surface area contributed by atoms with Gasteiger partial charge in [0.2, 0.25) is 0 Å². The predicted molar refractivity (Wildman–Crippen MR) is 112 cm³/mol. The molecule has 4 aromatic rings. The molecule has 1 aliphatic heterocycles. The van der Waals surface area contributed by atoms with E-state index >= 15 is 0 Å². The highest BCUT2D eigenvalue weighted by Gasteiger charge is 2.33. The lowest BCUT2D eigenvalue weighted by Crippen LogP contribution is -2.34. The van der Waals surface area contributed by atoms with Gasteiger partial charge in [-0.15, -0.1) is 0 Å².